The fraction of sp³-hybridized carbons (Fsp3) is 0.364. The summed E-state index contributed by atoms with van der Waals surface area (Å²) in [6.45, 7) is 4.32. The average Bonchev–Trinajstić information content (AvgIpc) is 2.65. The fourth-order valence-corrected chi connectivity index (χ4v) is 2.75. The summed E-state index contributed by atoms with van der Waals surface area (Å²) in [5.74, 6) is 0.567. The van der Waals surface area contributed by atoms with Gasteiger partial charge in [0.1, 0.15) is 0 Å². The van der Waals surface area contributed by atoms with Crippen molar-refractivity contribution in [2.75, 3.05) is 0 Å². The van der Waals surface area contributed by atoms with Crippen molar-refractivity contribution in [2.45, 2.75) is 20.3 Å². The van der Waals surface area contributed by atoms with Crippen molar-refractivity contribution in [3.05, 3.63) is 23.2 Å². The van der Waals surface area contributed by atoms with Crippen molar-refractivity contribution in [2.24, 2.45) is 5.92 Å². The number of hydrogen-bond donors (Lipinski definition) is 2. The molecule has 0 aliphatic heterocycles. The molecular formula is C11H14BNO2S. The molecule has 2 aromatic heterocycles. The summed E-state index contributed by atoms with van der Waals surface area (Å²) in [7, 11) is -1.50. The van der Waals surface area contributed by atoms with Crippen LogP contribution >= 0.6 is 11.3 Å². The average molecular weight is 235 g/mol. The van der Waals surface area contributed by atoms with Crippen LogP contribution in [0, 0.1) is 5.92 Å². The molecule has 0 bridgehead atoms. The van der Waals surface area contributed by atoms with Crippen molar-refractivity contribution in [1.29, 1.82) is 0 Å². The van der Waals surface area contributed by atoms with E-state index in [1.807, 2.05) is 11.4 Å². The molecular weight excluding hydrogens is 221 g/mol. The summed E-state index contributed by atoms with van der Waals surface area (Å²) in [5.41, 5.74) is 1.54. The van der Waals surface area contributed by atoms with E-state index >= 15 is 0 Å². The van der Waals surface area contributed by atoms with Crippen molar-refractivity contribution in [3.8, 4) is 0 Å². The summed E-state index contributed by atoms with van der Waals surface area (Å²) in [5, 5.41) is 21.2. The number of hydrogen-bond acceptors (Lipinski definition) is 4. The van der Waals surface area contributed by atoms with Crippen molar-refractivity contribution in [1.82, 2.24) is 4.98 Å². The predicted octanol–water partition coefficient (Wildman–Crippen LogP) is 1.17. The summed E-state index contributed by atoms with van der Waals surface area (Å²) in [6, 6.07) is 1.89. The van der Waals surface area contributed by atoms with Crippen LogP contribution in [0.3, 0.4) is 0 Å². The maximum absolute atomic E-state index is 9.21. The molecule has 0 radical (unpaired) electrons. The van der Waals surface area contributed by atoms with Gasteiger partial charge in [-0.15, -0.1) is 11.3 Å². The quantitative estimate of drug-likeness (QED) is 0.785. The predicted molar refractivity (Wildman–Crippen MR) is 68.0 cm³/mol. The number of pyridine rings is 1. The smallest absolute Gasteiger partial charge is 0.422 e. The van der Waals surface area contributed by atoms with Crippen LogP contribution in [0.1, 0.15) is 19.4 Å². The molecule has 0 aliphatic rings. The number of nitrogens with zero attached hydrogens (tertiary/aromatic N) is 1. The first kappa shape index (κ1) is 11.6. The second kappa shape index (κ2) is 4.53. The zero-order valence-corrected chi connectivity index (χ0v) is 10.2. The van der Waals surface area contributed by atoms with Gasteiger partial charge >= 0.3 is 7.12 Å². The Morgan fingerprint density at radius 1 is 1.44 bits per heavy atom. The zero-order valence-electron chi connectivity index (χ0n) is 9.34. The number of thiophene rings is 1. The van der Waals surface area contributed by atoms with Crippen molar-refractivity contribution >= 4 is 34.1 Å². The Balaban J connectivity index is 2.55. The van der Waals surface area contributed by atoms with Gasteiger partial charge < -0.3 is 10.0 Å². The van der Waals surface area contributed by atoms with E-state index in [1.54, 1.807) is 17.5 Å². The van der Waals surface area contributed by atoms with Gasteiger partial charge in [0.05, 0.1) is 5.59 Å². The van der Waals surface area contributed by atoms with E-state index in [1.165, 1.54) is 5.56 Å². The van der Waals surface area contributed by atoms with Gasteiger partial charge in [-0.25, -0.2) is 0 Å². The molecule has 2 rings (SSSR count). The molecule has 5 heteroatoms. The van der Waals surface area contributed by atoms with Gasteiger partial charge in [-0.3, -0.25) is 4.98 Å². The van der Waals surface area contributed by atoms with Crippen LogP contribution in [0.5, 0.6) is 0 Å². The topological polar surface area (TPSA) is 53.4 Å². The molecule has 2 N–H and O–H groups in total. The van der Waals surface area contributed by atoms with E-state index in [0.717, 1.165) is 16.5 Å². The van der Waals surface area contributed by atoms with Gasteiger partial charge in [-0.2, -0.15) is 0 Å². The second-order valence-electron chi connectivity index (χ2n) is 4.30. The minimum atomic E-state index is -1.50. The molecule has 0 atom stereocenters. The standard InChI is InChI=1S/C11H14BNO2S/c1-7(2)5-8-6-13-11(12(14)15)9-3-4-16-10(8)9/h3-4,6-7,14-15H,5H2,1-2H3. The zero-order chi connectivity index (χ0) is 11.7. The van der Waals surface area contributed by atoms with E-state index in [2.05, 4.69) is 18.8 Å². The van der Waals surface area contributed by atoms with Crippen molar-refractivity contribution < 1.29 is 10.0 Å². The first-order valence-corrected chi connectivity index (χ1v) is 6.18. The Morgan fingerprint density at radius 2 is 2.19 bits per heavy atom. The molecule has 3 nitrogen and oxygen atoms in total. The van der Waals surface area contributed by atoms with E-state index in [9.17, 15) is 10.0 Å². The van der Waals surface area contributed by atoms with Gasteiger partial charge in [0.2, 0.25) is 0 Å². The van der Waals surface area contributed by atoms with Crippen LogP contribution in [-0.2, 0) is 6.42 Å². The Kier molecular flexibility index (Phi) is 3.28. The highest BCUT2D eigenvalue weighted by atomic mass is 32.1. The third-order valence-corrected chi connectivity index (χ3v) is 3.46. The molecule has 0 amide bonds. The van der Waals surface area contributed by atoms with Gasteiger partial charge in [-0.05, 0) is 29.3 Å². The molecule has 0 aromatic carbocycles. The molecule has 2 heterocycles. The van der Waals surface area contributed by atoms with Crippen LogP contribution in [0.25, 0.3) is 10.1 Å². The van der Waals surface area contributed by atoms with E-state index in [0.29, 0.717) is 11.5 Å². The second-order valence-corrected chi connectivity index (χ2v) is 5.22. The van der Waals surface area contributed by atoms with Crippen LogP contribution in [0.15, 0.2) is 17.6 Å². The maximum atomic E-state index is 9.21. The first-order valence-electron chi connectivity index (χ1n) is 5.30. The highest BCUT2D eigenvalue weighted by molar-refractivity contribution is 7.17. The summed E-state index contributed by atoms with van der Waals surface area (Å²) >= 11 is 1.63. The molecule has 0 fully saturated rings. The van der Waals surface area contributed by atoms with Crippen molar-refractivity contribution in [3.63, 3.8) is 0 Å². The lowest BCUT2D eigenvalue weighted by Crippen LogP contribution is -2.33. The normalized spacial score (nSPS) is 11.3. The van der Waals surface area contributed by atoms with Crippen LogP contribution in [0.2, 0.25) is 0 Å². The molecule has 0 saturated heterocycles. The van der Waals surface area contributed by atoms with E-state index < -0.39 is 7.12 Å². The number of rotatable bonds is 3. The monoisotopic (exact) mass is 235 g/mol. The van der Waals surface area contributed by atoms with Crippen LogP contribution in [0.4, 0.5) is 0 Å². The van der Waals surface area contributed by atoms with Gasteiger partial charge in [0.15, 0.2) is 0 Å². The van der Waals surface area contributed by atoms with E-state index in [4.69, 9.17) is 0 Å². The molecule has 0 unspecified atom stereocenters. The lowest BCUT2D eigenvalue weighted by atomic mass is 9.83. The van der Waals surface area contributed by atoms with Crippen LogP contribution < -0.4 is 5.59 Å². The molecule has 0 aliphatic carbocycles. The molecule has 2 aromatic rings. The SMILES string of the molecule is CC(C)Cc1cnc(B(O)O)c2ccsc12. The fourth-order valence-electron chi connectivity index (χ4n) is 1.83. The Labute approximate surface area is 98.9 Å². The summed E-state index contributed by atoms with van der Waals surface area (Å²) in [4.78, 5) is 4.14. The highest BCUT2D eigenvalue weighted by Crippen LogP contribution is 2.24. The lowest BCUT2D eigenvalue weighted by molar-refractivity contribution is 0.424. The number of aromatic nitrogens is 1. The third-order valence-electron chi connectivity index (χ3n) is 2.47. The van der Waals surface area contributed by atoms with E-state index in [-0.39, 0.29) is 0 Å². The Bertz CT molecular complexity index is 496. The van der Waals surface area contributed by atoms with Crippen LogP contribution in [-0.4, -0.2) is 22.2 Å². The van der Waals surface area contributed by atoms with Gasteiger partial charge in [-0.1, -0.05) is 13.8 Å². The Morgan fingerprint density at radius 3 is 2.81 bits per heavy atom. The number of fused-ring (bicyclic) bond motifs is 1. The summed E-state index contributed by atoms with van der Waals surface area (Å²) < 4.78 is 1.12. The van der Waals surface area contributed by atoms with Gasteiger partial charge in [0, 0.05) is 16.3 Å². The van der Waals surface area contributed by atoms with Gasteiger partial charge in [0.25, 0.3) is 0 Å². The summed E-state index contributed by atoms with van der Waals surface area (Å²) in [6.07, 6.45) is 2.72. The first-order chi connectivity index (χ1) is 7.59. The molecule has 0 spiro atoms. The molecule has 84 valence electrons. The minimum Gasteiger partial charge on any atom is -0.422 e. The Hall–Kier alpha value is -0.905. The highest BCUT2D eigenvalue weighted by Gasteiger charge is 2.18. The lowest BCUT2D eigenvalue weighted by Gasteiger charge is -2.08. The largest absolute Gasteiger partial charge is 0.508 e. The maximum Gasteiger partial charge on any atom is 0.508 e. The molecule has 0 saturated carbocycles. The minimum absolute atomic E-state index is 0.351. The molecule has 16 heavy (non-hydrogen) atoms. The third kappa shape index (κ3) is 2.12.